The van der Waals surface area contributed by atoms with Gasteiger partial charge in [-0.05, 0) is 24.8 Å². The summed E-state index contributed by atoms with van der Waals surface area (Å²) in [6, 6.07) is 1.82. The Hall–Kier alpha value is -1.16. The molecule has 4 heteroatoms. The molecule has 0 aromatic carbocycles. The lowest BCUT2D eigenvalue weighted by Gasteiger charge is -2.25. The van der Waals surface area contributed by atoms with Crippen molar-refractivity contribution in [1.29, 1.82) is 0 Å². The fourth-order valence-corrected chi connectivity index (χ4v) is 2.55. The minimum absolute atomic E-state index is 0.0874. The van der Waals surface area contributed by atoms with Crippen LogP contribution in [0.1, 0.15) is 37.8 Å². The Morgan fingerprint density at radius 3 is 2.82 bits per heavy atom. The molecule has 0 radical (unpaired) electrons. The van der Waals surface area contributed by atoms with Crippen LogP contribution >= 0.6 is 0 Å². The van der Waals surface area contributed by atoms with E-state index in [-0.39, 0.29) is 18.1 Å². The molecule has 94 valence electrons. The van der Waals surface area contributed by atoms with Crippen LogP contribution in [0, 0.1) is 5.92 Å². The molecule has 1 atom stereocenters. The van der Waals surface area contributed by atoms with Crippen LogP contribution in [0.25, 0.3) is 0 Å². The van der Waals surface area contributed by atoms with E-state index in [1.54, 1.807) is 4.68 Å². The molecule has 2 rings (SSSR count). The van der Waals surface area contributed by atoms with Gasteiger partial charge in [0.25, 0.3) is 0 Å². The van der Waals surface area contributed by atoms with Crippen LogP contribution in [0.4, 0.5) is 0 Å². The van der Waals surface area contributed by atoms with Crippen LogP contribution in [0.2, 0.25) is 0 Å². The Kier molecular flexibility index (Phi) is 3.94. The zero-order valence-electron chi connectivity index (χ0n) is 10.3. The third kappa shape index (κ3) is 3.16. The first kappa shape index (κ1) is 12.3. The molecule has 1 heterocycles. The van der Waals surface area contributed by atoms with Gasteiger partial charge in [-0.25, -0.2) is 0 Å². The van der Waals surface area contributed by atoms with E-state index in [0.29, 0.717) is 0 Å². The summed E-state index contributed by atoms with van der Waals surface area (Å²) in [5, 5.41) is 14.2. The molecular weight excluding hydrogens is 216 g/mol. The molecule has 1 fully saturated rings. The molecule has 1 N–H and O–H groups in total. The summed E-state index contributed by atoms with van der Waals surface area (Å²) in [4.78, 5) is 11.9. The molecule has 1 aliphatic rings. The summed E-state index contributed by atoms with van der Waals surface area (Å²) in [5.74, 6) is 0.0792. The number of ketones is 1. The van der Waals surface area contributed by atoms with Gasteiger partial charge in [0.05, 0.1) is 12.1 Å². The van der Waals surface area contributed by atoms with Crippen molar-refractivity contribution in [2.75, 3.05) is 0 Å². The van der Waals surface area contributed by atoms with E-state index in [1.165, 1.54) is 6.42 Å². The number of aliphatic hydroxyl groups excluding tert-OH is 1. The number of aromatic nitrogens is 2. The lowest BCUT2D eigenvalue weighted by molar-refractivity contribution is -0.129. The number of nitrogens with zero attached hydrogens (tertiary/aromatic N) is 2. The summed E-state index contributed by atoms with van der Waals surface area (Å²) < 4.78 is 1.68. The van der Waals surface area contributed by atoms with Crippen LogP contribution in [0.15, 0.2) is 12.3 Å². The smallest absolute Gasteiger partial charge is 0.167 e. The molecule has 0 amide bonds. The number of rotatable bonds is 4. The van der Waals surface area contributed by atoms with Crippen molar-refractivity contribution in [3.63, 3.8) is 0 Å². The number of carbonyl (C=O) groups excluding carboxylic acids is 1. The van der Waals surface area contributed by atoms with Gasteiger partial charge in [0.15, 0.2) is 5.78 Å². The highest BCUT2D eigenvalue weighted by atomic mass is 16.3. The zero-order valence-corrected chi connectivity index (χ0v) is 10.3. The standard InChI is InChI=1S/C13H20N2O2/c1-15-8-7-11(14-15)9-12(16)13(17)10-5-3-2-4-6-10/h7-8,10,13,17H,2-6,9H2,1H3. The van der Waals surface area contributed by atoms with Crippen LogP contribution in [-0.4, -0.2) is 26.8 Å². The first-order chi connectivity index (χ1) is 8.16. The largest absolute Gasteiger partial charge is 0.385 e. The SMILES string of the molecule is Cn1ccc(CC(=O)C(O)C2CCCCC2)n1. The lowest BCUT2D eigenvalue weighted by Crippen LogP contribution is -2.32. The van der Waals surface area contributed by atoms with E-state index in [4.69, 9.17) is 0 Å². The van der Waals surface area contributed by atoms with E-state index in [2.05, 4.69) is 5.10 Å². The van der Waals surface area contributed by atoms with Crippen LogP contribution in [0.5, 0.6) is 0 Å². The van der Waals surface area contributed by atoms with E-state index < -0.39 is 6.10 Å². The lowest BCUT2D eigenvalue weighted by atomic mass is 9.83. The Morgan fingerprint density at radius 2 is 2.24 bits per heavy atom. The maximum absolute atomic E-state index is 11.9. The number of carbonyl (C=O) groups is 1. The average Bonchev–Trinajstić information content (AvgIpc) is 2.75. The predicted octanol–water partition coefficient (Wildman–Crippen LogP) is 1.47. The summed E-state index contributed by atoms with van der Waals surface area (Å²) in [5.41, 5.74) is 0.743. The van der Waals surface area contributed by atoms with Crippen LogP contribution in [0.3, 0.4) is 0 Å². The van der Waals surface area contributed by atoms with Gasteiger partial charge in [-0.2, -0.15) is 5.10 Å². The van der Waals surface area contributed by atoms with Gasteiger partial charge in [-0.1, -0.05) is 19.3 Å². The highest BCUT2D eigenvalue weighted by Crippen LogP contribution is 2.27. The van der Waals surface area contributed by atoms with Gasteiger partial charge in [0, 0.05) is 13.2 Å². The normalized spacial score (nSPS) is 19.2. The van der Waals surface area contributed by atoms with Gasteiger partial charge >= 0.3 is 0 Å². The number of Topliss-reactive ketones (excluding diaryl/α,β-unsaturated/α-hetero) is 1. The van der Waals surface area contributed by atoms with E-state index in [0.717, 1.165) is 31.4 Å². The van der Waals surface area contributed by atoms with Gasteiger partial charge in [-0.15, -0.1) is 0 Å². The Bertz CT molecular complexity index is 381. The highest BCUT2D eigenvalue weighted by molar-refractivity contribution is 5.84. The molecule has 17 heavy (non-hydrogen) atoms. The first-order valence-electron chi connectivity index (χ1n) is 6.36. The van der Waals surface area contributed by atoms with Crippen molar-refractivity contribution >= 4 is 5.78 Å². The molecule has 1 aliphatic carbocycles. The maximum Gasteiger partial charge on any atom is 0.167 e. The van der Waals surface area contributed by atoms with E-state index in [1.807, 2.05) is 19.3 Å². The van der Waals surface area contributed by atoms with Crippen molar-refractivity contribution in [2.45, 2.75) is 44.6 Å². The third-order valence-corrected chi connectivity index (χ3v) is 3.55. The van der Waals surface area contributed by atoms with E-state index >= 15 is 0 Å². The van der Waals surface area contributed by atoms with Gasteiger partial charge in [0.2, 0.25) is 0 Å². The molecular formula is C13H20N2O2. The minimum atomic E-state index is -0.794. The Labute approximate surface area is 102 Å². The number of hydrogen-bond acceptors (Lipinski definition) is 3. The summed E-state index contributed by atoms with van der Waals surface area (Å²) in [6.45, 7) is 0. The average molecular weight is 236 g/mol. The van der Waals surface area contributed by atoms with Crippen molar-refractivity contribution in [3.05, 3.63) is 18.0 Å². The Morgan fingerprint density at radius 1 is 1.53 bits per heavy atom. The first-order valence-corrected chi connectivity index (χ1v) is 6.36. The van der Waals surface area contributed by atoms with Crippen LogP contribution < -0.4 is 0 Å². The second-order valence-electron chi connectivity index (χ2n) is 4.97. The monoisotopic (exact) mass is 236 g/mol. The minimum Gasteiger partial charge on any atom is -0.385 e. The quantitative estimate of drug-likeness (QED) is 0.861. The number of aryl methyl sites for hydroxylation is 1. The fourth-order valence-electron chi connectivity index (χ4n) is 2.55. The number of hydrogen-bond donors (Lipinski definition) is 1. The topological polar surface area (TPSA) is 55.1 Å². The van der Waals surface area contributed by atoms with E-state index in [9.17, 15) is 9.90 Å². The van der Waals surface area contributed by atoms with Crippen molar-refractivity contribution in [1.82, 2.24) is 9.78 Å². The van der Waals surface area contributed by atoms with Crippen LogP contribution in [-0.2, 0) is 18.3 Å². The number of aliphatic hydroxyl groups is 1. The zero-order chi connectivity index (χ0) is 12.3. The van der Waals surface area contributed by atoms with Crippen molar-refractivity contribution in [2.24, 2.45) is 13.0 Å². The van der Waals surface area contributed by atoms with Gasteiger partial charge < -0.3 is 5.11 Å². The predicted molar refractivity (Wildman–Crippen MR) is 64.5 cm³/mol. The third-order valence-electron chi connectivity index (χ3n) is 3.55. The molecule has 4 nitrogen and oxygen atoms in total. The second kappa shape index (κ2) is 5.45. The molecule has 1 saturated carbocycles. The maximum atomic E-state index is 11.9. The second-order valence-corrected chi connectivity index (χ2v) is 4.97. The fraction of sp³-hybridized carbons (Fsp3) is 0.692. The molecule has 0 saturated heterocycles. The molecule has 0 aliphatic heterocycles. The summed E-state index contributed by atoms with van der Waals surface area (Å²) in [6.07, 6.45) is 6.74. The van der Waals surface area contributed by atoms with Gasteiger partial charge in [-0.3, -0.25) is 9.48 Å². The molecule has 1 aromatic heterocycles. The Balaban J connectivity index is 1.90. The highest BCUT2D eigenvalue weighted by Gasteiger charge is 2.27. The molecule has 0 bridgehead atoms. The summed E-state index contributed by atoms with van der Waals surface area (Å²) in [7, 11) is 1.82. The van der Waals surface area contributed by atoms with Crippen molar-refractivity contribution in [3.8, 4) is 0 Å². The van der Waals surface area contributed by atoms with Crippen molar-refractivity contribution < 1.29 is 9.90 Å². The molecule has 1 aromatic rings. The molecule has 1 unspecified atom stereocenters. The summed E-state index contributed by atoms with van der Waals surface area (Å²) >= 11 is 0. The molecule has 0 spiro atoms. The van der Waals surface area contributed by atoms with Gasteiger partial charge in [0.1, 0.15) is 6.10 Å².